The highest BCUT2D eigenvalue weighted by Crippen LogP contribution is 2.36. The number of anilines is 1. The third-order valence-corrected chi connectivity index (χ3v) is 5.95. The molecule has 2 N–H and O–H groups in total. The van der Waals surface area contributed by atoms with Gasteiger partial charge in [-0.1, -0.05) is 11.3 Å². The van der Waals surface area contributed by atoms with Crippen LogP contribution in [0.25, 0.3) is 0 Å². The van der Waals surface area contributed by atoms with E-state index >= 15 is 0 Å². The number of nitriles is 1. The molecule has 0 amide bonds. The lowest BCUT2D eigenvalue weighted by atomic mass is 10.3. The number of nitrogens with zero attached hydrogens (tertiary/aromatic N) is 3. The van der Waals surface area contributed by atoms with Crippen LogP contribution in [-0.4, -0.2) is 43.4 Å². The topological polar surface area (TPSA) is 140 Å². The van der Waals surface area contributed by atoms with Crippen LogP contribution < -0.4 is 5.73 Å². The summed E-state index contributed by atoms with van der Waals surface area (Å²) >= 11 is 0.635. The van der Waals surface area contributed by atoms with Gasteiger partial charge in [0.2, 0.25) is 0 Å². The summed E-state index contributed by atoms with van der Waals surface area (Å²) in [5, 5.41) is 19.3. The molecule has 108 valence electrons. The molecule has 9 nitrogen and oxygen atoms in total. The Balaban J connectivity index is 2.33. The Morgan fingerprint density at radius 3 is 2.90 bits per heavy atom. The van der Waals surface area contributed by atoms with Gasteiger partial charge in [0.15, 0.2) is 11.1 Å². The number of nitrogen functional groups attached to an aromatic ring is 1. The summed E-state index contributed by atoms with van der Waals surface area (Å²) in [6, 6.07) is 2.77. The summed E-state index contributed by atoms with van der Waals surface area (Å²) in [6.45, 7) is 0.0803. The first-order valence-electron chi connectivity index (χ1n) is 5.41. The van der Waals surface area contributed by atoms with Crippen molar-refractivity contribution in [1.29, 1.82) is 5.26 Å². The van der Waals surface area contributed by atoms with E-state index < -0.39 is 26.7 Å². The lowest BCUT2D eigenvalue weighted by Gasteiger charge is -2.28. The third kappa shape index (κ3) is 2.59. The Kier molecular flexibility index (Phi) is 3.91. The standard InChI is InChI=1S/C9H10N4O5S2/c10-4-6-5-12(1-2-18-6)20(16,17)8-3-7(13(14)15)9(11)19-8/h3,6H,1-2,5,11H2. The molecule has 0 aromatic carbocycles. The number of nitrogens with two attached hydrogens (primary N) is 1. The number of hydrogen-bond acceptors (Lipinski definition) is 8. The third-order valence-electron chi connectivity index (χ3n) is 2.68. The van der Waals surface area contributed by atoms with Crippen LogP contribution in [0.1, 0.15) is 0 Å². The molecule has 20 heavy (non-hydrogen) atoms. The Bertz CT molecular complexity index is 677. The largest absolute Gasteiger partial charge is 0.385 e. The van der Waals surface area contributed by atoms with Gasteiger partial charge in [0.1, 0.15) is 4.21 Å². The molecular weight excluding hydrogens is 308 g/mol. The number of morpholine rings is 1. The number of thiophene rings is 1. The highest BCUT2D eigenvalue weighted by molar-refractivity contribution is 7.91. The van der Waals surface area contributed by atoms with Crippen molar-refractivity contribution in [1.82, 2.24) is 4.31 Å². The van der Waals surface area contributed by atoms with Crippen molar-refractivity contribution < 1.29 is 18.1 Å². The number of rotatable bonds is 3. The monoisotopic (exact) mass is 318 g/mol. The van der Waals surface area contributed by atoms with Gasteiger partial charge in [0.05, 0.1) is 24.1 Å². The van der Waals surface area contributed by atoms with Crippen molar-refractivity contribution in [2.75, 3.05) is 25.4 Å². The minimum atomic E-state index is -3.90. The lowest BCUT2D eigenvalue weighted by Crippen LogP contribution is -2.44. The molecule has 1 aliphatic rings. The van der Waals surface area contributed by atoms with Crippen LogP contribution in [0, 0.1) is 21.4 Å². The van der Waals surface area contributed by atoms with E-state index in [0.717, 1.165) is 10.4 Å². The minimum absolute atomic E-state index is 0.0894. The zero-order valence-corrected chi connectivity index (χ0v) is 11.7. The maximum Gasteiger partial charge on any atom is 0.304 e. The summed E-state index contributed by atoms with van der Waals surface area (Å²) in [5.74, 6) is 0. The van der Waals surface area contributed by atoms with Crippen LogP contribution in [0.5, 0.6) is 0 Å². The highest BCUT2D eigenvalue weighted by Gasteiger charge is 2.34. The summed E-state index contributed by atoms with van der Waals surface area (Å²) in [4.78, 5) is 9.96. The van der Waals surface area contributed by atoms with Crippen molar-refractivity contribution in [3.63, 3.8) is 0 Å². The number of nitro groups is 1. The molecule has 1 atom stereocenters. The Morgan fingerprint density at radius 1 is 1.65 bits per heavy atom. The Labute approximate surface area is 118 Å². The quantitative estimate of drug-likeness (QED) is 0.618. The summed E-state index contributed by atoms with van der Waals surface area (Å²) in [5.41, 5.74) is 5.01. The van der Waals surface area contributed by atoms with Crippen LogP contribution >= 0.6 is 11.3 Å². The fourth-order valence-corrected chi connectivity index (χ4v) is 4.49. The summed E-state index contributed by atoms with van der Waals surface area (Å²) in [6.07, 6.45) is -0.842. The fraction of sp³-hybridized carbons (Fsp3) is 0.444. The fourth-order valence-electron chi connectivity index (χ4n) is 1.69. The predicted molar refractivity (Wildman–Crippen MR) is 69.5 cm³/mol. The number of sulfonamides is 1. The van der Waals surface area contributed by atoms with E-state index in [2.05, 4.69) is 0 Å². The molecule has 0 saturated carbocycles. The Hall–Kier alpha value is -1.74. The molecule has 1 aliphatic heterocycles. The maximum absolute atomic E-state index is 12.3. The van der Waals surface area contributed by atoms with Gasteiger partial charge in [-0.05, 0) is 0 Å². The first kappa shape index (κ1) is 14.7. The molecular formula is C9H10N4O5S2. The van der Waals surface area contributed by atoms with Gasteiger partial charge in [-0.2, -0.15) is 9.57 Å². The highest BCUT2D eigenvalue weighted by atomic mass is 32.2. The summed E-state index contributed by atoms with van der Waals surface area (Å²) in [7, 11) is -3.90. The van der Waals surface area contributed by atoms with E-state index in [1.54, 1.807) is 0 Å². The lowest BCUT2D eigenvalue weighted by molar-refractivity contribution is -0.383. The van der Waals surface area contributed by atoms with E-state index in [0.29, 0.717) is 11.3 Å². The number of ether oxygens (including phenoxy) is 1. The van der Waals surface area contributed by atoms with Gasteiger partial charge >= 0.3 is 5.69 Å². The minimum Gasteiger partial charge on any atom is -0.385 e. The molecule has 2 rings (SSSR count). The van der Waals surface area contributed by atoms with E-state index in [1.165, 1.54) is 0 Å². The van der Waals surface area contributed by atoms with Gasteiger partial charge in [0.25, 0.3) is 10.0 Å². The second-order valence-electron chi connectivity index (χ2n) is 3.92. The van der Waals surface area contributed by atoms with E-state index in [4.69, 9.17) is 15.7 Å². The zero-order chi connectivity index (χ0) is 14.9. The van der Waals surface area contributed by atoms with Crippen LogP contribution in [0.4, 0.5) is 10.7 Å². The summed E-state index contributed by atoms with van der Waals surface area (Å²) < 4.78 is 30.6. The molecule has 1 fully saturated rings. The van der Waals surface area contributed by atoms with Crippen molar-refractivity contribution >= 4 is 32.0 Å². The molecule has 0 spiro atoms. The second kappa shape index (κ2) is 5.33. The van der Waals surface area contributed by atoms with Crippen LogP contribution in [-0.2, 0) is 14.8 Å². The molecule has 1 aromatic heterocycles. The van der Waals surface area contributed by atoms with Crippen LogP contribution in [0.15, 0.2) is 10.3 Å². The molecule has 11 heteroatoms. The van der Waals surface area contributed by atoms with Gasteiger partial charge in [-0.3, -0.25) is 10.1 Å². The van der Waals surface area contributed by atoms with Crippen LogP contribution in [0.3, 0.4) is 0 Å². The molecule has 1 unspecified atom stereocenters. The molecule has 0 radical (unpaired) electrons. The van der Waals surface area contributed by atoms with E-state index in [1.807, 2.05) is 6.07 Å². The van der Waals surface area contributed by atoms with Crippen molar-refractivity contribution in [3.8, 4) is 6.07 Å². The second-order valence-corrected chi connectivity index (χ2v) is 7.17. The average molecular weight is 318 g/mol. The molecule has 1 saturated heterocycles. The first-order valence-corrected chi connectivity index (χ1v) is 7.67. The zero-order valence-electron chi connectivity index (χ0n) is 10.1. The SMILES string of the molecule is N#CC1CN(S(=O)(=O)c2cc([N+](=O)[O-])c(N)s2)CCO1. The van der Waals surface area contributed by atoms with Crippen LogP contribution in [0.2, 0.25) is 0 Å². The molecule has 2 heterocycles. The van der Waals surface area contributed by atoms with Crippen molar-refractivity contribution in [2.24, 2.45) is 0 Å². The van der Waals surface area contributed by atoms with E-state index in [-0.39, 0.29) is 28.9 Å². The van der Waals surface area contributed by atoms with E-state index in [9.17, 15) is 18.5 Å². The Morgan fingerprint density at radius 2 is 2.35 bits per heavy atom. The van der Waals surface area contributed by atoms with Gasteiger partial charge in [-0.15, -0.1) is 0 Å². The smallest absolute Gasteiger partial charge is 0.304 e. The van der Waals surface area contributed by atoms with Gasteiger partial charge < -0.3 is 10.5 Å². The maximum atomic E-state index is 12.3. The van der Waals surface area contributed by atoms with Gasteiger partial charge in [0, 0.05) is 12.6 Å². The van der Waals surface area contributed by atoms with Crippen molar-refractivity contribution in [3.05, 3.63) is 16.2 Å². The molecule has 0 aliphatic carbocycles. The predicted octanol–water partition coefficient (Wildman–Crippen LogP) is 0.152. The normalized spacial score (nSPS) is 20.4. The number of hydrogen-bond donors (Lipinski definition) is 1. The molecule has 1 aromatic rings. The average Bonchev–Trinajstić information content (AvgIpc) is 2.82. The van der Waals surface area contributed by atoms with Gasteiger partial charge in [-0.25, -0.2) is 8.42 Å². The first-order chi connectivity index (χ1) is 9.36. The molecule has 0 bridgehead atoms. The van der Waals surface area contributed by atoms with Crippen molar-refractivity contribution in [2.45, 2.75) is 10.3 Å².